The van der Waals surface area contributed by atoms with Gasteiger partial charge in [-0.2, -0.15) is 13.2 Å². The molecular weight excluding hydrogens is 414 g/mol. The normalized spacial score (nSPS) is 14.4. The van der Waals surface area contributed by atoms with Crippen LogP contribution in [0.15, 0.2) is 17.0 Å². The first-order valence-corrected chi connectivity index (χ1v) is 10.5. The highest BCUT2D eigenvalue weighted by Crippen LogP contribution is 2.31. The third-order valence-electron chi connectivity index (χ3n) is 3.65. The number of thioether (sulfide) groups is 1. The lowest BCUT2D eigenvalue weighted by molar-refractivity contribution is -0.0328. The van der Waals surface area contributed by atoms with Gasteiger partial charge < -0.3 is 4.74 Å². The van der Waals surface area contributed by atoms with Gasteiger partial charge in [-0.1, -0.05) is 30.7 Å². The fourth-order valence-electron chi connectivity index (χ4n) is 2.33. The monoisotopic (exact) mass is 436 g/mol. The van der Waals surface area contributed by atoms with Crippen molar-refractivity contribution in [3.63, 3.8) is 0 Å². The van der Waals surface area contributed by atoms with E-state index in [1.807, 2.05) is 0 Å². The van der Waals surface area contributed by atoms with Crippen molar-refractivity contribution in [2.24, 2.45) is 0 Å². The Bertz CT molecular complexity index is 622. The Morgan fingerprint density at radius 1 is 1.04 bits per heavy atom. The van der Waals surface area contributed by atoms with Crippen molar-refractivity contribution < 1.29 is 35.3 Å². The molecule has 0 amide bonds. The number of alkyl halides is 6. The third kappa shape index (κ3) is 8.76. The zero-order chi connectivity index (χ0) is 20.6. The van der Waals surface area contributed by atoms with E-state index < -0.39 is 28.2 Å². The third-order valence-corrected chi connectivity index (χ3v) is 5.96. The van der Waals surface area contributed by atoms with E-state index in [2.05, 4.69) is 0 Å². The zero-order valence-corrected chi connectivity index (χ0v) is 16.6. The van der Waals surface area contributed by atoms with Gasteiger partial charge in [0.15, 0.2) is 0 Å². The van der Waals surface area contributed by atoms with E-state index in [9.17, 15) is 30.6 Å². The van der Waals surface area contributed by atoms with Crippen molar-refractivity contribution >= 4 is 22.6 Å². The fourth-order valence-corrected chi connectivity index (χ4v) is 3.94. The van der Waals surface area contributed by atoms with Gasteiger partial charge in [-0.3, -0.25) is 4.21 Å². The Morgan fingerprint density at radius 2 is 1.67 bits per heavy atom. The van der Waals surface area contributed by atoms with Crippen LogP contribution in [0.3, 0.4) is 0 Å². The van der Waals surface area contributed by atoms with Crippen molar-refractivity contribution in [1.82, 2.24) is 0 Å². The van der Waals surface area contributed by atoms with Crippen LogP contribution < -0.4 is 4.74 Å². The topological polar surface area (TPSA) is 26.3 Å². The van der Waals surface area contributed by atoms with Gasteiger partial charge in [0.05, 0.1) is 17.4 Å². The van der Waals surface area contributed by atoms with Gasteiger partial charge in [-0.15, -0.1) is 0 Å². The Hall–Kier alpha value is -0.900. The van der Waals surface area contributed by atoms with Crippen molar-refractivity contribution in [3.8, 4) is 5.75 Å². The second-order valence-electron chi connectivity index (χ2n) is 5.92. The van der Waals surface area contributed by atoms with Gasteiger partial charge in [-0.05, 0) is 43.9 Å². The van der Waals surface area contributed by atoms with E-state index in [1.54, 1.807) is 19.9 Å². The highest BCUT2D eigenvalue weighted by atomic mass is 32.2. The molecule has 0 radical (unpaired) electrons. The SMILES string of the molecule is Cc1cc(C)c(S(=O)C(F)C(F)F)cc1OCCCCCCSC(F)(F)F. The van der Waals surface area contributed by atoms with Gasteiger partial charge in [-0.25, -0.2) is 13.2 Å². The second kappa shape index (κ2) is 11.2. The number of benzene rings is 1. The lowest BCUT2D eigenvalue weighted by Gasteiger charge is -2.15. The standard InChI is InChI=1S/C17H22F6O2S2/c1-11-9-12(2)14(27(24)16(20)15(18)19)10-13(11)25-7-5-3-4-6-8-26-17(21,22)23/h9-10,15-16H,3-8H2,1-2H3. The van der Waals surface area contributed by atoms with Crippen LogP contribution in [0, 0.1) is 13.8 Å². The van der Waals surface area contributed by atoms with E-state index in [0.717, 1.165) is 0 Å². The second-order valence-corrected chi connectivity index (χ2v) is 8.57. The van der Waals surface area contributed by atoms with Crippen LogP contribution in [0.25, 0.3) is 0 Å². The summed E-state index contributed by atoms with van der Waals surface area (Å²) in [5.41, 5.74) is -5.84. The molecule has 2 unspecified atom stereocenters. The maximum Gasteiger partial charge on any atom is 0.441 e. The maximum atomic E-state index is 13.4. The molecule has 1 aromatic rings. The molecule has 0 N–H and O–H groups in total. The van der Waals surface area contributed by atoms with Crippen LogP contribution in [0.4, 0.5) is 26.3 Å². The van der Waals surface area contributed by atoms with Crippen molar-refractivity contribution in [2.75, 3.05) is 12.4 Å². The van der Waals surface area contributed by atoms with E-state index in [-0.39, 0.29) is 29.0 Å². The minimum atomic E-state index is -4.20. The van der Waals surface area contributed by atoms with Crippen molar-refractivity contribution in [2.45, 2.75) is 61.9 Å². The van der Waals surface area contributed by atoms with Crippen LogP contribution in [0.1, 0.15) is 36.8 Å². The lowest BCUT2D eigenvalue weighted by atomic mass is 10.1. The Labute approximate surface area is 161 Å². The quantitative estimate of drug-likeness (QED) is 0.307. The van der Waals surface area contributed by atoms with Crippen LogP contribution in [0.2, 0.25) is 0 Å². The molecular formula is C17H22F6O2S2. The minimum absolute atomic E-state index is 0.0190. The van der Waals surface area contributed by atoms with E-state index >= 15 is 0 Å². The van der Waals surface area contributed by atoms with Gasteiger partial charge >= 0.3 is 5.51 Å². The average molecular weight is 436 g/mol. The number of rotatable bonds is 11. The summed E-state index contributed by atoms with van der Waals surface area (Å²) in [6.07, 6.45) is -0.980. The molecule has 10 heteroatoms. The fraction of sp³-hybridized carbons (Fsp3) is 0.647. The van der Waals surface area contributed by atoms with Gasteiger partial charge in [0.2, 0.25) is 5.50 Å². The van der Waals surface area contributed by atoms with Gasteiger partial charge in [0.25, 0.3) is 6.43 Å². The molecule has 2 nitrogen and oxygen atoms in total. The average Bonchev–Trinajstić information content (AvgIpc) is 2.56. The molecule has 0 aromatic heterocycles. The first kappa shape index (κ1) is 24.1. The van der Waals surface area contributed by atoms with E-state index in [1.165, 1.54) is 6.07 Å². The molecule has 0 heterocycles. The molecule has 0 aliphatic carbocycles. The molecule has 2 atom stereocenters. The summed E-state index contributed by atoms with van der Waals surface area (Å²) in [7, 11) is -2.50. The molecule has 1 rings (SSSR count). The summed E-state index contributed by atoms with van der Waals surface area (Å²) >= 11 is -0.0381. The van der Waals surface area contributed by atoms with Crippen molar-refractivity contribution in [1.29, 1.82) is 0 Å². The molecule has 0 saturated carbocycles. The maximum absolute atomic E-state index is 13.4. The van der Waals surface area contributed by atoms with Crippen LogP contribution in [-0.4, -0.2) is 34.0 Å². The van der Waals surface area contributed by atoms with Gasteiger partial charge in [0.1, 0.15) is 5.75 Å². The predicted molar refractivity (Wildman–Crippen MR) is 95.7 cm³/mol. The zero-order valence-electron chi connectivity index (χ0n) is 15.0. The first-order valence-electron chi connectivity index (χ1n) is 8.30. The minimum Gasteiger partial charge on any atom is -0.493 e. The number of hydrogen-bond acceptors (Lipinski definition) is 3. The summed E-state index contributed by atoms with van der Waals surface area (Å²) < 4.78 is 91.7. The summed E-state index contributed by atoms with van der Waals surface area (Å²) in [5, 5.41) is 0. The summed E-state index contributed by atoms with van der Waals surface area (Å²) in [6.45, 7) is 3.56. The number of halogens is 6. The molecule has 27 heavy (non-hydrogen) atoms. The molecule has 0 spiro atoms. The largest absolute Gasteiger partial charge is 0.493 e. The lowest BCUT2D eigenvalue weighted by Crippen LogP contribution is -2.19. The highest BCUT2D eigenvalue weighted by molar-refractivity contribution is 8.00. The molecule has 0 saturated heterocycles. The molecule has 0 aliphatic rings. The molecule has 156 valence electrons. The summed E-state index contributed by atoms with van der Waals surface area (Å²) in [4.78, 5) is -0.0347. The van der Waals surface area contributed by atoms with Crippen molar-refractivity contribution in [3.05, 3.63) is 23.3 Å². The van der Waals surface area contributed by atoms with E-state index in [4.69, 9.17) is 4.74 Å². The Kier molecular flexibility index (Phi) is 10.0. The first-order chi connectivity index (χ1) is 12.5. The van der Waals surface area contributed by atoms with E-state index in [0.29, 0.717) is 42.6 Å². The number of aryl methyl sites for hydroxylation is 2. The number of ether oxygens (including phenoxy) is 1. The number of hydrogen-bond donors (Lipinski definition) is 0. The summed E-state index contributed by atoms with van der Waals surface area (Å²) in [6, 6.07) is 2.91. The molecule has 1 aromatic carbocycles. The highest BCUT2D eigenvalue weighted by Gasteiger charge is 2.29. The molecule has 0 bridgehead atoms. The number of unbranched alkanes of at least 4 members (excludes halogenated alkanes) is 3. The van der Waals surface area contributed by atoms with Gasteiger partial charge in [0, 0.05) is 10.6 Å². The van der Waals surface area contributed by atoms with Crippen LogP contribution >= 0.6 is 11.8 Å². The Balaban J connectivity index is 2.49. The van der Waals surface area contributed by atoms with Crippen LogP contribution in [0.5, 0.6) is 5.75 Å². The summed E-state index contributed by atoms with van der Waals surface area (Å²) in [5.74, 6) is 0.351. The molecule has 0 aliphatic heterocycles. The molecule has 0 fully saturated rings. The predicted octanol–water partition coefficient (Wildman–Crippen LogP) is 6.16. The van der Waals surface area contributed by atoms with Crippen LogP contribution in [-0.2, 0) is 10.8 Å². The smallest absolute Gasteiger partial charge is 0.441 e. The Morgan fingerprint density at radius 3 is 2.26 bits per heavy atom.